The van der Waals surface area contributed by atoms with Crippen LogP contribution in [0.3, 0.4) is 0 Å². The van der Waals surface area contributed by atoms with Gasteiger partial charge in [-0.25, -0.2) is 0 Å². The summed E-state index contributed by atoms with van der Waals surface area (Å²) < 4.78 is 11.8. The quantitative estimate of drug-likeness (QED) is 0.136. The lowest BCUT2D eigenvalue weighted by atomic mass is 9.76. The van der Waals surface area contributed by atoms with Crippen molar-refractivity contribution in [1.82, 2.24) is 0 Å². The van der Waals surface area contributed by atoms with E-state index in [1.165, 1.54) is 29.5 Å². The first-order valence-corrected chi connectivity index (χ1v) is 13.9. The fourth-order valence-corrected chi connectivity index (χ4v) is 6.14. The lowest BCUT2D eigenvalue weighted by Gasteiger charge is -2.37. The van der Waals surface area contributed by atoms with E-state index in [2.05, 4.69) is 79.7 Å². The number of hydrogen-bond donors (Lipinski definition) is 0. The zero-order valence-electron chi connectivity index (χ0n) is 23.7. The molecule has 2 unspecified atom stereocenters. The Morgan fingerprint density at radius 2 is 1.57 bits per heavy atom. The molecule has 0 aromatic heterocycles. The third-order valence-electron chi connectivity index (χ3n) is 6.70. The molecule has 0 aliphatic heterocycles. The van der Waals surface area contributed by atoms with Crippen LogP contribution < -0.4 is 10.0 Å². The highest BCUT2D eigenvalue weighted by molar-refractivity contribution is 7.48. The van der Waals surface area contributed by atoms with E-state index < -0.39 is 0 Å². The summed E-state index contributed by atoms with van der Waals surface area (Å²) in [6.45, 7) is 20.4. The standard InChI is InChI=1S/C31H47O3P/c1-11-12-13-16-31(9,35-27-15-14-22(2)17-23(27)20-32)26-19-24(29(3,4)5)18-25(30(6,7)8)28(26)34-21-33-10/h14-15,17-20,35H,11-13,16,21H2,1-10H3. The third-order valence-corrected chi connectivity index (χ3v) is 8.50. The van der Waals surface area contributed by atoms with Crippen LogP contribution in [0.2, 0.25) is 0 Å². The summed E-state index contributed by atoms with van der Waals surface area (Å²) in [5, 5.41) is 0.952. The number of unbranched alkanes of at least 4 members (excludes halogenated alkanes) is 2. The summed E-state index contributed by atoms with van der Waals surface area (Å²) >= 11 is 0. The Morgan fingerprint density at radius 1 is 0.914 bits per heavy atom. The second kappa shape index (κ2) is 12.0. The van der Waals surface area contributed by atoms with Gasteiger partial charge in [0, 0.05) is 29.0 Å². The topological polar surface area (TPSA) is 35.5 Å². The fourth-order valence-electron chi connectivity index (χ4n) is 4.49. The number of aryl methyl sites for hydroxylation is 1. The number of ether oxygens (including phenoxy) is 2. The van der Waals surface area contributed by atoms with Crippen molar-refractivity contribution in [2.75, 3.05) is 13.9 Å². The largest absolute Gasteiger partial charge is 0.467 e. The number of aldehydes is 1. The Bertz CT molecular complexity index is 998. The van der Waals surface area contributed by atoms with Crippen LogP contribution in [0.1, 0.15) is 114 Å². The highest BCUT2D eigenvalue weighted by atomic mass is 31.1. The predicted molar refractivity (Wildman–Crippen MR) is 152 cm³/mol. The van der Waals surface area contributed by atoms with Gasteiger partial charge in [-0.15, -0.1) is 0 Å². The van der Waals surface area contributed by atoms with Crippen molar-refractivity contribution in [2.45, 2.75) is 104 Å². The average molecular weight is 499 g/mol. The Morgan fingerprint density at radius 3 is 2.11 bits per heavy atom. The molecule has 0 N–H and O–H groups in total. The molecule has 0 aliphatic rings. The lowest BCUT2D eigenvalue weighted by molar-refractivity contribution is 0.0486. The molecule has 0 amide bonds. The van der Waals surface area contributed by atoms with Crippen LogP contribution in [0.4, 0.5) is 0 Å². The van der Waals surface area contributed by atoms with Gasteiger partial charge < -0.3 is 9.47 Å². The number of carbonyl (C=O) groups excluding carboxylic acids is 1. The average Bonchev–Trinajstić information content (AvgIpc) is 2.77. The van der Waals surface area contributed by atoms with Gasteiger partial charge in [-0.1, -0.05) is 113 Å². The Balaban J connectivity index is 2.85. The molecule has 35 heavy (non-hydrogen) atoms. The number of carbonyl (C=O) groups is 1. The molecule has 2 atom stereocenters. The first kappa shape index (κ1) is 29.5. The second-order valence-electron chi connectivity index (χ2n) is 12.1. The number of rotatable bonds is 11. The molecule has 0 saturated carbocycles. The van der Waals surface area contributed by atoms with Crippen molar-refractivity contribution in [3.8, 4) is 5.75 Å². The summed E-state index contributed by atoms with van der Waals surface area (Å²) in [6.07, 6.45) is 5.54. The Kier molecular flexibility index (Phi) is 10.1. The van der Waals surface area contributed by atoms with E-state index in [9.17, 15) is 4.79 Å². The van der Waals surface area contributed by atoms with Crippen molar-refractivity contribution in [2.24, 2.45) is 0 Å². The molecule has 2 aromatic carbocycles. The maximum absolute atomic E-state index is 12.0. The normalized spacial score (nSPS) is 14.3. The second-order valence-corrected chi connectivity index (χ2v) is 14.0. The molecular weight excluding hydrogens is 451 g/mol. The van der Waals surface area contributed by atoms with Gasteiger partial charge in [0.1, 0.15) is 5.75 Å². The minimum Gasteiger partial charge on any atom is -0.467 e. The summed E-state index contributed by atoms with van der Waals surface area (Å²) in [7, 11) is 2.12. The zero-order valence-corrected chi connectivity index (χ0v) is 24.7. The molecule has 3 nitrogen and oxygen atoms in total. The number of hydrogen-bond acceptors (Lipinski definition) is 3. The van der Waals surface area contributed by atoms with Crippen molar-refractivity contribution in [3.05, 3.63) is 58.1 Å². The van der Waals surface area contributed by atoms with E-state index in [-0.39, 0.29) is 22.8 Å². The van der Waals surface area contributed by atoms with E-state index in [1.807, 2.05) is 13.0 Å². The molecule has 0 bridgehead atoms. The van der Waals surface area contributed by atoms with Crippen LogP contribution in [0, 0.1) is 6.92 Å². The molecule has 0 spiro atoms. The van der Waals surface area contributed by atoms with E-state index in [1.54, 1.807) is 7.11 Å². The predicted octanol–water partition coefficient (Wildman–Crippen LogP) is 8.18. The summed E-state index contributed by atoms with van der Waals surface area (Å²) in [5.74, 6) is 0.943. The summed E-state index contributed by atoms with van der Waals surface area (Å²) in [6, 6.07) is 11.0. The maximum Gasteiger partial charge on any atom is 0.188 e. The first-order chi connectivity index (χ1) is 16.3. The molecule has 4 heteroatoms. The molecule has 0 heterocycles. The highest BCUT2D eigenvalue weighted by Crippen LogP contribution is 2.52. The van der Waals surface area contributed by atoms with Crippen LogP contribution in [0.5, 0.6) is 5.75 Å². The van der Waals surface area contributed by atoms with Crippen LogP contribution >= 0.6 is 8.58 Å². The maximum atomic E-state index is 12.0. The molecule has 194 valence electrons. The van der Waals surface area contributed by atoms with Crippen LogP contribution in [-0.4, -0.2) is 20.2 Å². The van der Waals surface area contributed by atoms with Crippen molar-refractivity contribution >= 4 is 20.2 Å². The molecule has 0 radical (unpaired) electrons. The first-order valence-electron chi connectivity index (χ1n) is 12.9. The van der Waals surface area contributed by atoms with Crippen LogP contribution in [-0.2, 0) is 20.7 Å². The SMILES string of the molecule is CCCCCC(C)(Pc1ccc(C)cc1C=O)c1cc(C(C)(C)C)cc(C(C)(C)C)c1OCOC. The molecule has 0 aliphatic carbocycles. The minimum atomic E-state index is -0.174. The zero-order chi connectivity index (χ0) is 26.4. The lowest BCUT2D eigenvalue weighted by Crippen LogP contribution is -2.26. The van der Waals surface area contributed by atoms with Crippen molar-refractivity contribution in [1.29, 1.82) is 0 Å². The molecule has 2 rings (SSSR count). The van der Waals surface area contributed by atoms with Gasteiger partial charge >= 0.3 is 0 Å². The third kappa shape index (κ3) is 7.64. The van der Waals surface area contributed by atoms with Gasteiger partial charge in [0.15, 0.2) is 13.1 Å². The summed E-state index contributed by atoms with van der Waals surface area (Å²) in [4.78, 5) is 12.0. The Labute approximate surface area is 216 Å². The highest BCUT2D eigenvalue weighted by Gasteiger charge is 2.35. The van der Waals surface area contributed by atoms with Gasteiger partial charge in [-0.05, 0) is 41.1 Å². The van der Waals surface area contributed by atoms with Crippen molar-refractivity contribution < 1.29 is 14.3 Å². The fraction of sp³-hybridized carbons (Fsp3) is 0.581. The number of benzene rings is 2. The molecule has 0 saturated heterocycles. The summed E-state index contributed by atoms with van der Waals surface area (Å²) in [5.41, 5.74) is 5.58. The van der Waals surface area contributed by atoms with Gasteiger partial charge in [0.2, 0.25) is 0 Å². The van der Waals surface area contributed by atoms with E-state index in [0.717, 1.165) is 41.3 Å². The van der Waals surface area contributed by atoms with Gasteiger partial charge in [0.05, 0.1) is 0 Å². The molecule has 2 aromatic rings. The Hall–Kier alpha value is -1.70. The molecular formula is C31H47O3P. The van der Waals surface area contributed by atoms with Gasteiger partial charge in [0.25, 0.3) is 0 Å². The van der Waals surface area contributed by atoms with E-state index in [4.69, 9.17) is 9.47 Å². The van der Waals surface area contributed by atoms with E-state index in [0.29, 0.717) is 8.58 Å². The smallest absolute Gasteiger partial charge is 0.188 e. The van der Waals surface area contributed by atoms with Gasteiger partial charge in [-0.3, -0.25) is 4.79 Å². The monoisotopic (exact) mass is 498 g/mol. The number of methoxy groups -OCH3 is 1. The van der Waals surface area contributed by atoms with Crippen LogP contribution in [0.25, 0.3) is 0 Å². The van der Waals surface area contributed by atoms with Crippen molar-refractivity contribution in [3.63, 3.8) is 0 Å². The van der Waals surface area contributed by atoms with Gasteiger partial charge in [-0.2, -0.15) is 0 Å². The molecule has 0 fully saturated rings. The van der Waals surface area contributed by atoms with Crippen LogP contribution in [0.15, 0.2) is 30.3 Å². The minimum absolute atomic E-state index is 0.000207. The van der Waals surface area contributed by atoms with E-state index >= 15 is 0 Å².